The Morgan fingerprint density at radius 3 is 1.31 bits per heavy atom. The van der Waals surface area contributed by atoms with E-state index in [1.54, 1.807) is 0 Å². The maximum atomic E-state index is 2.51. The van der Waals surface area contributed by atoms with E-state index in [0.29, 0.717) is 0 Å². The molecule has 0 aliphatic carbocycles. The van der Waals surface area contributed by atoms with Gasteiger partial charge in [0, 0.05) is 44.3 Å². The van der Waals surface area contributed by atoms with Gasteiger partial charge in [-0.2, -0.15) is 0 Å². The molecule has 15 aromatic rings. The summed E-state index contributed by atoms with van der Waals surface area (Å²) < 4.78 is 0. The van der Waals surface area contributed by atoms with Gasteiger partial charge in [-0.15, -0.1) is 0 Å². The van der Waals surface area contributed by atoms with E-state index in [9.17, 15) is 0 Å². The van der Waals surface area contributed by atoms with Gasteiger partial charge >= 0.3 is 0 Å². The second-order valence-corrected chi connectivity index (χ2v) is 20.3. The number of hydrogen-bond acceptors (Lipinski definition) is 2. The molecule has 0 atom stereocenters. The zero-order valence-corrected chi connectivity index (χ0v) is 42.8. The molecule has 0 aromatic heterocycles. The lowest BCUT2D eigenvalue weighted by Gasteiger charge is -2.31. The average Bonchev–Trinajstić information content (AvgIpc) is 3.70. The maximum absolute atomic E-state index is 2.51. The molecule has 0 aliphatic rings. The van der Waals surface area contributed by atoms with Gasteiger partial charge in [0.25, 0.3) is 0 Å². The Morgan fingerprint density at radius 2 is 0.628 bits per heavy atom. The third-order valence-electron chi connectivity index (χ3n) is 15.9. The first kappa shape index (κ1) is 45.1. The van der Waals surface area contributed by atoms with Crippen molar-refractivity contribution < 1.29 is 0 Å². The van der Waals surface area contributed by atoms with Gasteiger partial charge in [0.2, 0.25) is 0 Å². The van der Waals surface area contributed by atoms with Gasteiger partial charge in [0.1, 0.15) is 0 Å². The molecule has 2 nitrogen and oxygen atoms in total. The molecule has 78 heavy (non-hydrogen) atoms. The van der Waals surface area contributed by atoms with Crippen molar-refractivity contribution in [3.63, 3.8) is 0 Å². The molecule has 0 saturated heterocycles. The van der Waals surface area contributed by atoms with Crippen molar-refractivity contribution in [3.8, 4) is 33.4 Å². The van der Waals surface area contributed by atoms with Crippen LogP contribution in [0.15, 0.2) is 303 Å². The predicted molar refractivity (Wildman–Crippen MR) is 335 cm³/mol. The molecule has 0 spiro atoms. The van der Waals surface area contributed by atoms with Crippen LogP contribution in [-0.4, -0.2) is 0 Å². The van der Waals surface area contributed by atoms with Crippen molar-refractivity contribution in [2.75, 3.05) is 9.80 Å². The molecule has 0 heterocycles. The molecule has 364 valence electrons. The highest BCUT2D eigenvalue weighted by Gasteiger charge is 2.27. The molecule has 15 rings (SSSR count). The fraction of sp³-hybridized carbons (Fsp3) is 0. The minimum atomic E-state index is 1.09. The summed E-state index contributed by atoms with van der Waals surface area (Å²) in [5.41, 5.74) is 13.8. The van der Waals surface area contributed by atoms with Gasteiger partial charge in [-0.1, -0.05) is 255 Å². The Morgan fingerprint density at radius 1 is 0.192 bits per heavy atom. The number of rotatable bonds is 9. The van der Waals surface area contributed by atoms with E-state index in [-0.39, 0.29) is 0 Å². The summed E-state index contributed by atoms with van der Waals surface area (Å²) in [7, 11) is 0. The normalized spacial score (nSPS) is 11.6. The Labute approximate surface area is 453 Å². The lowest BCUT2D eigenvalue weighted by atomic mass is 9.88. The van der Waals surface area contributed by atoms with Gasteiger partial charge < -0.3 is 9.80 Å². The van der Waals surface area contributed by atoms with Crippen molar-refractivity contribution in [2.45, 2.75) is 0 Å². The average molecular weight is 991 g/mol. The van der Waals surface area contributed by atoms with Crippen molar-refractivity contribution >= 4 is 110 Å². The topological polar surface area (TPSA) is 6.48 Å². The van der Waals surface area contributed by atoms with Crippen LogP contribution in [0.1, 0.15) is 0 Å². The van der Waals surface area contributed by atoms with Crippen LogP contribution in [0, 0.1) is 0 Å². The molecular weight excluding hydrogens is 941 g/mol. The summed E-state index contributed by atoms with van der Waals surface area (Å²) in [6.45, 7) is 0. The van der Waals surface area contributed by atoms with E-state index in [1.165, 1.54) is 92.3 Å². The predicted octanol–water partition coefficient (Wildman–Crippen LogP) is 21.7. The molecule has 0 radical (unpaired) electrons. The molecule has 15 aromatic carbocycles. The molecule has 0 N–H and O–H groups in total. The van der Waals surface area contributed by atoms with Gasteiger partial charge in [-0.25, -0.2) is 0 Å². The first-order chi connectivity index (χ1) is 38.7. The molecule has 0 saturated carbocycles. The summed E-state index contributed by atoms with van der Waals surface area (Å²) >= 11 is 0. The van der Waals surface area contributed by atoms with E-state index < -0.39 is 0 Å². The summed E-state index contributed by atoms with van der Waals surface area (Å²) in [6, 6.07) is 112. The van der Waals surface area contributed by atoms with Crippen LogP contribution in [0.3, 0.4) is 0 Å². The summed E-state index contributed by atoms with van der Waals surface area (Å²) in [4.78, 5) is 5.01. The molecular formula is C76H50N2. The van der Waals surface area contributed by atoms with E-state index in [0.717, 1.165) is 50.6 Å². The number of nitrogens with zero attached hydrogens (tertiary/aromatic N) is 2. The highest BCUT2D eigenvalue weighted by atomic mass is 15.2. The van der Waals surface area contributed by atoms with Crippen LogP contribution in [0.4, 0.5) is 34.1 Å². The quantitative estimate of drug-likeness (QED) is 0.133. The summed E-state index contributed by atoms with van der Waals surface area (Å²) in [5, 5.41) is 16.9. The Balaban J connectivity index is 0.954. The van der Waals surface area contributed by atoms with E-state index >= 15 is 0 Å². The highest BCUT2D eigenvalue weighted by Crippen LogP contribution is 2.53. The lowest BCUT2D eigenvalue weighted by molar-refractivity contribution is 1.31. The van der Waals surface area contributed by atoms with E-state index in [4.69, 9.17) is 0 Å². The Bertz CT molecular complexity index is 4800. The van der Waals surface area contributed by atoms with Crippen LogP contribution in [0.2, 0.25) is 0 Å². The monoisotopic (exact) mass is 990 g/mol. The summed E-state index contributed by atoms with van der Waals surface area (Å²) in [6.07, 6.45) is 0. The molecule has 0 fully saturated rings. The second kappa shape index (κ2) is 18.8. The van der Waals surface area contributed by atoms with E-state index in [1.807, 2.05) is 0 Å². The zero-order chi connectivity index (χ0) is 51.5. The van der Waals surface area contributed by atoms with Crippen molar-refractivity contribution in [1.29, 1.82) is 0 Å². The van der Waals surface area contributed by atoms with Crippen LogP contribution in [-0.2, 0) is 0 Å². The smallest absolute Gasteiger partial charge is 0.0625 e. The van der Waals surface area contributed by atoms with Crippen LogP contribution in [0.5, 0.6) is 0 Å². The summed E-state index contributed by atoms with van der Waals surface area (Å²) in [5.74, 6) is 0. The lowest BCUT2D eigenvalue weighted by Crippen LogP contribution is -2.13. The van der Waals surface area contributed by atoms with Crippen molar-refractivity contribution in [3.05, 3.63) is 303 Å². The van der Waals surface area contributed by atoms with Crippen LogP contribution >= 0.6 is 0 Å². The third kappa shape index (κ3) is 7.49. The molecule has 0 bridgehead atoms. The second-order valence-electron chi connectivity index (χ2n) is 20.3. The first-order valence-electron chi connectivity index (χ1n) is 26.9. The number of fused-ring (bicyclic) bond motifs is 9. The number of anilines is 6. The van der Waals surface area contributed by atoms with E-state index in [2.05, 4.69) is 313 Å². The Kier molecular flexibility index (Phi) is 10.9. The fourth-order valence-electron chi connectivity index (χ4n) is 12.5. The van der Waals surface area contributed by atoms with Crippen LogP contribution < -0.4 is 9.80 Å². The van der Waals surface area contributed by atoms with Gasteiger partial charge in [0.15, 0.2) is 0 Å². The maximum Gasteiger partial charge on any atom is 0.0625 e. The SMILES string of the molecule is c1ccc(-c2c(N(c3ccc4ccccc4c3)c3ccc4c(-c5cccc(-c6c(N(c7ccccc7)c7cccc8ccccc78)c7ccccc7c7ccccc67)c5)cccc4c3)c3ccccc3c3ccccc23)cc1. The van der Waals surface area contributed by atoms with Gasteiger partial charge in [-0.05, 0) is 130 Å². The molecule has 0 unspecified atom stereocenters. The van der Waals surface area contributed by atoms with Crippen molar-refractivity contribution in [2.24, 2.45) is 0 Å². The van der Waals surface area contributed by atoms with Gasteiger partial charge in [-0.3, -0.25) is 0 Å². The van der Waals surface area contributed by atoms with Crippen molar-refractivity contribution in [1.82, 2.24) is 0 Å². The minimum absolute atomic E-state index is 1.09. The molecule has 0 amide bonds. The first-order valence-corrected chi connectivity index (χ1v) is 26.9. The van der Waals surface area contributed by atoms with Gasteiger partial charge in [0.05, 0.1) is 17.1 Å². The third-order valence-corrected chi connectivity index (χ3v) is 15.9. The standard InChI is InChI=1S/C76H50N2/c1-3-24-53(25-4-1)73-68-38-15-11-34-64(68)66-36-13-17-40-70(66)75(73)77(59-45-44-51-22-7-8-26-54(51)49-59)60-46-47-62-56(50-60)29-20-42-61(62)55-28-19-30-57(48-55)74-69-39-16-12-35-65(69)67-37-14-18-41-71(67)76(74)78(58-31-5-2-6-32-58)72-43-21-27-52-23-9-10-33-63(52)72/h1-50H. The minimum Gasteiger partial charge on any atom is -0.309 e. The Hall–Kier alpha value is -10.3. The number of hydrogen-bond donors (Lipinski definition) is 0. The fourth-order valence-corrected chi connectivity index (χ4v) is 12.5. The zero-order valence-electron chi connectivity index (χ0n) is 42.8. The molecule has 2 heteroatoms. The number of para-hydroxylation sites is 1. The van der Waals surface area contributed by atoms with Crippen LogP contribution in [0.25, 0.3) is 109 Å². The molecule has 0 aliphatic heterocycles. The largest absolute Gasteiger partial charge is 0.309 e. The highest BCUT2D eigenvalue weighted by molar-refractivity contribution is 6.25. The number of benzene rings is 15.